The molecule has 0 fully saturated rings. The van der Waals surface area contributed by atoms with E-state index >= 15 is 0 Å². The number of benzene rings is 1. The van der Waals surface area contributed by atoms with Crippen molar-refractivity contribution >= 4 is 0 Å². The van der Waals surface area contributed by atoms with Crippen LogP contribution in [-0.4, -0.2) is 0 Å². The largest absolute Gasteiger partial charge is 0.106 e. The van der Waals surface area contributed by atoms with E-state index in [-0.39, 0.29) is 5.41 Å². The van der Waals surface area contributed by atoms with Gasteiger partial charge in [-0.15, -0.1) is 13.2 Å². The minimum absolute atomic E-state index is 0.266. The van der Waals surface area contributed by atoms with Crippen LogP contribution in [0.25, 0.3) is 0 Å². The molecule has 90 valence electrons. The number of hydrogen-bond donors (Lipinski definition) is 0. The molecule has 0 spiro atoms. The van der Waals surface area contributed by atoms with Crippen LogP contribution >= 0.6 is 0 Å². The fourth-order valence-electron chi connectivity index (χ4n) is 1.98. The summed E-state index contributed by atoms with van der Waals surface area (Å²) in [5, 5.41) is 0. The minimum Gasteiger partial charge on any atom is -0.106 e. The first-order chi connectivity index (χ1) is 7.36. The first-order valence-electron chi connectivity index (χ1n) is 5.97. The molecule has 0 N–H and O–H groups in total. The van der Waals surface area contributed by atoms with Gasteiger partial charge < -0.3 is 0 Å². The van der Waals surface area contributed by atoms with E-state index in [1.54, 1.807) is 0 Å². The Bertz CT molecular complexity index is 317. The molecule has 0 heteroatoms. The highest BCUT2D eigenvalue weighted by molar-refractivity contribution is 5.40. The highest BCUT2D eigenvalue weighted by Crippen LogP contribution is 2.26. The van der Waals surface area contributed by atoms with Crippen LogP contribution in [0.5, 0.6) is 0 Å². The van der Waals surface area contributed by atoms with Crippen molar-refractivity contribution in [3.05, 3.63) is 47.5 Å². The van der Waals surface area contributed by atoms with Crippen molar-refractivity contribution in [1.82, 2.24) is 0 Å². The van der Waals surface area contributed by atoms with Crippen LogP contribution < -0.4 is 0 Å². The molecule has 0 nitrogen and oxygen atoms in total. The lowest BCUT2D eigenvalue weighted by atomic mass is 9.83. The molecule has 0 atom stereocenters. The first-order valence-corrected chi connectivity index (χ1v) is 5.97. The Morgan fingerprint density at radius 1 is 1.00 bits per heavy atom. The van der Waals surface area contributed by atoms with Crippen LogP contribution in [0.1, 0.15) is 49.9 Å². The predicted molar refractivity (Wildman–Crippen MR) is 75.2 cm³/mol. The van der Waals surface area contributed by atoms with Crippen molar-refractivity contribution in [2.24, 2.45) is 0 Å². The van der Waals surface area contributed by atoms with Gasteiger partial charge in [0.2, 0.25) is 0 Å². The zero-order valence-electron chi connectivity index (χ0n) is 11.8. The Labute approximate surface area is 101 Å². The topological polar surface area (TPSA) is 0 Å². The van der Waals surface area contributed by atoms with E-state index in [0.717, 1.165) is 6.42 Å². The molecule has 0 saturated carbocycles. The number of aryl methyl sites for hydroxylation is 2. The fraction of sp³-hybridized carbons (Fsp3) is 0.500. The van der Waals surface area contributed by atoms with Crippen molar-refractivity contribution in [2.75, 3.05) is 0 Å². The average molecular weight is 218 g/mol. The molecule has 0 aliphatic heterocycles. The van der Waals surface area contributed by atoms with Gasteiger partial charge in [-0.3, -0.25) is 0 Å². The van der Waals surface area contributed by atoms with Gasteiger partial charge in [0.15, 0.2) is 0 Å². The maximum atomic E-state index is 3.00. The molecule has 0 heterocycles. The van der Waals surface area contributed by atoms with E-state index in [0.29, 0.717) is 0 Å². The lowest BCUT2D eigenvalue weighted by Gasteiger charge is -2.22. The van der Waals surface area contributed by atoms with Crippen molar-refractivity contribution in [2.45, 2.75) is 53.4 Å². The predicted octanol–water partition coefficient (Wildman–Crippen LogP) is 4.97. The third-order valence-corrected chi connectivity index (χ3v) is 2.92. The second-order valence-electron chi connectivity index (χ2n) is 5.19. The van der Waals surface area contributed by atoms with Crippen LogP contribution in [0, 0.1) is 13.8 Å². The van der Waals surface area contributed by atoms with Gasteiger partial charge in [-0.25, -0.2) is 0 Å². The summed E-state index contributed by atoms with van der Waals surface area (Å²) in [4.78, 5) is 0. The van der Waals surface area contributed by atoms with E-state index in [1.807, 2.05) is 0 Å². The Hall–Kier alpha value is -1.04. The van der Waals surface area contributed by atoms with Crippen LogP contribution in [0.3, 0.4) is 0 Å². The van der Waals surface area contributed by atoms with E-state index < -0.39 is 0 Å². The zero-order valence-corrected chi connectivity index (χ0v) is 11.8. The van der Waals surface area contributed by atoms with Gasteiger partial charge in [0, 0.05) is 0 Å². The fourth-order valence-corrected chi connectivity index (χ4v) is 1.98. The minimum atomic E-state index is 0.266. The third kappa shape index (κ3) is 3.52. The van der Waals surface area contributed by atoms with Crippen molar-refractivity contribution in [3.63, 3.8) is 0 Å². The molecule has 0 radical (unpaired) electrons. The van der Waals surface area contributed by atoms with Crippen LogP contribution in [-0.2, 0) is 11.8 Å². The molecule has 1 rings (SSSR count). The van der Waals surface area contributed by atoms with Crippen molar-refractivity contribution in [1.29, 1.82) is 0 Å². The average Bonchev–Trinajstić information content (AvgIpc) is 2.19. The summed E-state index contributed by atoms with van der Waals surface area (Å²) in [6.45, 7) is 19.5. The zero-order chi connectivity index (χ0) is 12.9. The molecule has 1 aromatic carbocycles. The van der Waals surface area contributed by atoms with Crippen LogP contribution in [0.2, 0.25) is 0 Å². The molecule has 0 aliphatic rings. The van der Waals surface area contributed by atoms with Gasteiger partial charge in [-0.1, -0.05) is 39.8 Å². The lowest BCUT2D eigenvalue weighted by Crippen LogP contribution is -2.12. The smallest absolute Gasteiger partial charge is 0.0132 e. The third-order valence-electron chi connectivity index (χ3n) is 2.92. The lowest BCUT2D eigenvalue weighted by molar-refractivity contribution is 0.588. The van der Waals surface area contributed by atoms with Crippen molar-refractivity contribution < 1.29 is 0 Å². The monoisotopic (exact) mass is 218 g/mol. The number of rotatable bonds is 1. The summed E-state index contributed by atoms with van der Waals surface area (Å²) in [7, 11) is 0. The molecule has 16 heavy (non-hydrogen) atoms. The molecular formula is C16H26. The Morgan fingerprint density at radius 3 is 1.62 bits per heavy atom. The second kappa shape index (κ2) is 5.89. The highest BCUT2D eigenvalue weighted by atomic mass is 14.2. The molecule has 0 saturated heterocycles. The Morgan fingerprint density at radius 2 is 1.38 bits per heavy atom. The van der Waals surface area contributed by atoms with E-state index in [9.17, 15) is 0 Å². The maximum Gasteiger partial charge on any atom is -0.0132 e. The quantitative estimate of drug-likeness (QED) is 0.584. The molecular weight excluding hydrogens is 192 g/mol. The molecule has 0 amide bonds. The normalized spacial score (nSPS) is 10.6. The summed E-state index contributed by atoms with van der Waals surface area (Å²) in [6, 6.07) is 4.68. The molecule has 0 bridgehead atoms. The van der Waals surface area contributed by atoms with Gasteiger partial charge in [-0.2, -0.15) is 0 Å². The van der Waals surface area contributed by atoms with Gasteiger partial charge in [-0.05, 0) is 47.9 Å². The van der Waals surface area contributed by atoms with Crippen molar-refractivity contribution in [3.8, 4) is 0 Å². The standard InChI is InChI=1S/C14H22.C2H4/c1-7-13-10(2)8-12(9-11(13)3)14(4,5)6;1-2/h8-9H,7H2,1-6H3;1-2H2. The molecule has 0 unspecified atom stereocenters. The summed E-state index contributed by atoms with van der Waals surface area (Å²) in [6.07, 6.45) is 1.14. The Balaban J connectivity index is 0.00000106. The van der Waals surface area contributed by atoms with E-state index in [4.69, 9.17) is 0 Å². The van der Waals surface area contributed by atoms with E-state index in [1.165, 1.54) is 22.3 Å². The van der Waals surface area contributed by atoms with E-state index in [2.05, 4.69) is 66.8 Å². The van der Waals surface area contributed by atoms with Gasteiger partial charge in [0.05, 0.1) is 0 Å². The summed E-state index contributed by atoms with van der Waals surface area (Å²) >= 11 is 0. The maximum absolute atomic E-state index is 3.00. The highest BCUT2D eigenvalue weighted by Gasteiger charge is 2.15. The summed E-state index contributed by atoms with van der Waals surface area (Å²) in [5.41, 5.74) is 6.11. The second-order valence-corrected chi connectivity index (χ2v) is 5.19. The molecule has 0 aliphatic carbocycles. The van der Waals surface area contributed by atoms with Gasteiger partial charge in [0.25, 0.3) is 0 Å². The summed E-state index contributed by atoms with van der Waals surface area (Å²) in [5.74, 6) is 0. The number of hydrogen-bond acceptors (Lipinski definition) is 0. The molecule has 1 aromatic rings. The first kappa shape index (κ1) is 15.0. The van der Waals surface area contributed by atoms with Gasteiger partial charge in [0.1, 0.15) is 0 Å². The van der Waals surface area contributed by atoms with Crippen LogP contribution in [0.4, 0.5) is 0 Å². The van der Waals surface area contributed by atoms with Crippen LogP contribution in [0.15, 0.2) is 25.3 Å². The molecule has 0 aromatic heterocycles. The SMILES string of the molecule is C=C.CCc1c(C)cc(C(C)(C)C)cc1C. The Kier molecular flexibility index (Phi) is 5.50. The summed E-state index contributed by atoms with van der Waals surface area (Å²) < 4.78 is 0. The van der Waals surface area contributed by atoms with Gasteiger partial charge >= 0.3 is 0 Å².